The average molecular weight is 250 g/mol. The largest absolute Gasteiger partial charge is 0.409 e. The van der Waals surface area contributed by atoms with Crippen LogP contribution in [-0.4, -0.2) is 38.8 Å². The van der Waals surface area contributed by atoms with Gasteiger partial charge in [0.2, 0.25) is 5.95 Å². The lowest BCUT2D eigenvalue weighted by Gasteiger charge is -2.21. The van der Waals surface area contributed by atoms with Gasteiger partial charge in [-0.3, -0.25) is 0 Å². The molecule has 0 bridgehead atoms. The molecule has 0 radical (unpaired) electrons. The molecule has 0 saturated heterocycles. The minimum absolute atomic E-state index is 0.220. The maximum Gasteiger partial charge on any atom is 0.245 e. The van der Waals surface area contributed by atoms with Gasteiger partial charge < -0.3 is 15.8 Å². The maximum atomic E-state index is 8.55. The Kier molecular flexibility index (Phi) is 3.59. The summed E-state index contributed by atoms with van der Waals surface area (Å²) in [4.78, 5) is 6.53. The maximum absolute atomic E-state index is 8.55. The highest BCUT2D eigenvalue weighted by Crippen LogP contribution is 2.29. The number of oxime groups is 1. The standard InChI is InChI=1S/C11H18N6O/c1-7-8(2)14-15-11(13-7)17(9-3-4-9)6-5-10(12)16-18/h9,18H,3-6H2,1-2H3,(H2,12,16). The minimum Gasteiger partial charge on any atom is -0.409 e. The minimum atomic E-state index is 0.220. The van der Waals surface area contributed by atoms with Crippen LogP contribution in [0.3, 0.4) is 0 Å². The number of nitrogens with two attached hydrogens (primary N) is 1. The summed E-state index contributed by atoms with van der Waals surface area (Å²) in [6.45, 7) is 4.45. The van der Waals surface area contributed by atoms with Crippen LogP contribution in [0.2, 0.25) is 0 Å². The summed E-state index contributed by atoms with van der Waals surface area (Å²) in [6.07, 6.45) is 2.75. The van der Waals surface area contributed by atoms with Gasteiger partial charge in [-0.1, -0.05) is 5.16 Å². The third-order valence-corrected chi connectivity index (χ3v) is 3.06. The molecule has 1 heterocycles. The number of rotatable bonds is 5. The smallest absolute Gasteiger partial charge is 0.245 e. The van der Waals surface area contributed by atoms with Crippen LogP contribution in [0.5, 0.6) is 0 Å². The van der Waals surface area contributed by atoms with Crippen molar-refractivity contribution in [2.24, 2.45) is 10.9 Å². The van der Waals surface area contributed by atoms with Crippen LogP contribution in [0.25, 0.3) is 0 Å². The fourth-order valence-corrected chi connectivity index (χ4v) is 1.68. The van der Waals surface area contributed by atoms with Crippen molar-refractivity contribution < 1.29 is 5.21 Å². The topological polar surface area (TPSA) is 101 Å². The Bertz CT molecular complexity index is 457. The number of hydrogen-bond acceptors (Lipinski definition) is 6. The molecule has 3 N–H and O–H groups in total. The molecule has 1 aromatic rings. The molecular formula is C11H18N6O. The van der Waals surface area contributed by atoms with E-state index in [-0.39, 0.29) is 5.84 Å². The highest BCUT2D eigenvalue weighted by molar-refractivity contribution is 5.80. The first kappa shape index (κ1) is 12.5. The summed E-state index contributed by atoms with van der Waals surface area (Å²) in [5.41, 5.74) is 7.21. The normalized spacial score (nSPS) is 15.8. The first-order valence-corrected chi connectivity index (χ1v) is 6.02. The molecule has 0 aliphatic heterocycles. The summed E-state index contributed by atoms with van der Waals surface area (Å²) in [5.74, 6) is 0.851. The molecule has 2 rings (SSSR count). The molecule has 0 spiro atoms. The fraction of sp³-hybridized carbons (Fsp3) is 0.636. The Morgan fingerprint density at radius 1 is 1.39 bits per heavy atom. The number of amidine groups is 1. The van der Waals surface area contributed by atoms with Crippen molar-refractivity contribution in [2.75, 3.05) is 11.4 Å². The van der Waals surface area contributed by atoms with Crippen molar-refractivity contribution in [1.82, 2.24) is 15.2 Å². The van der Waals surface area contributed by atoms with E-state index in [1.165, 1.54) is 0 Å². The van der Waals surface area contributed by atoms with Crippen molar-refractivity contribution in [3.63, 3.8) is 0 Å². The SMILES string of the molecule is Cc1nnc(N(CCC(N)=NO)C2CC2)nc1C. The van der Waals surface area contributed by atoms with E-state index in [1.54, 1.807) is 0 Å². The number of anilines is 1. The molecular weight excluding hydrogens is 232 g/mol. The van der Waals surface area contributed by atoms with E-state index in [0.29, 0.717) is 25.0 Å². The number of hydrogen-bond donors (Lipinski definition) is 2. The van der Waals surface area contributed by atoms with Crippen molar-refractivity contribution >= 4 is 11.8 Å². The monoisotopic (exact) mass is 250 g/mol. The highest BCUT2D eigenvalue weighted by atomic mass is 16.4. The first-order valence-electron chi connectivity index (χ1n) is 6.02. The van der Waals surface area contributed by atoms with Gasteiger partial charge in [0.1, 0.15) is 5.84 Å². The fourth-order valence-electron chi connectivity index (χ4n) is 1.68. The summed E-state index contributed by atoms with van der Waals surface area (Å²) < 4.78 is 0. The second kappa shape index (κ2) is 5.16. The molecule has 0 aromatic carbocycles. The molecule has 98 valence electrons. The van der Waals surface area contributed by atoms with Gasteiger partial charge in [0.25, 0.3) is 0 Å². The van der Waals surface area contributed by atoms with Gasteiger partial charge in [0.15, 0.2) is 0 Å². The lowest BCUT2D eigenvalue weighted by Crippen LogP contribution is -2.32. The van der Waals surface area contributed by atoms with Gasteiger partial charge in [-0.15, -0.1) is 5.10 Å². The molecule has 1 aromatic heterocycles. The van der Waals surface area contributed by atoms with E-state index in [2.05, 4.69) is 25.2 Å². The third-order valence-electron chi connectivity index (χ3n) is 3.06. The van der Waals surface area contributed by atoms with E-state index < -0.39 is 0 Å². The van der Waals surface area contributed by atoms with E-state index >= 15 is 0 Å². The van der Waals surface area contributed by atoms with Crippen molar-refractivity contribution in [1.29, 1.82) is 0 Å². The first-order chi connectivity index (χ1) is 8.61. The van der Waals surface area contributed by atoms with Gasteiger partial charge >= 0.3 is 0 Å². The zero-order valence-corrected chi connectivity index (χ0v) is 10.7. The van der Waals surface area contributed by atoms with Crippen molar-refractivity contribution in [3.8, 4) is 0 Å². The Morgan fingerprint density at radius 2 is 2.11 bits per heavy atom. The van der Waals surface area contributed by atoms with Crippen LogP contribution in [0.1, 0.15) is 30.7 Å². The van der Waals surface area contributed by atoms with E-state index in [0.717, 1.165) is 24.2 Å². The molecule has 0 unspecified atom stereocenters. The molecule has 0 amide bonds. The van der Waals surface area contributed by atoms with Crippen LogP contribution in [-0.2, 0) is 0 Å². The predicted molar refractivity (Wildman–Crippen MR) is 67.7 cm³/mol. The van der Waals surface area contributed by atoms with Crippen LogP contribution in [0, 0.1) is 13.8 Å². The zero-order valence-electron chi connectivity index (χ0n) is 10.7. The van der Waals surface area contributed by atoms with Crippen molar-refractivity contribution in [3.05, 3.63) is 11.4 Å². The van der Waals surface area contributed by atoms with E-state index in [1.807, 2.05) is 13.8 Å². The molecule has 1 fully saturated rings. The number of nitrogens with zero attached hydrogens (tertiary/aromatic N) is 5. The quantitative estimate of drug-likeness (QED) is 0.343. The second-order valence-corrected chi connectivity index (χ2v) is 4.55. The summed E-state index contributed by atoms with van der Waals surface area (Å²) in [5, 5.41) is 19.7. The van der Waals surface area contributed by atoms with Crippen molar-refractivity contribution in [2.45, 2.75) is 39.2 Å². The molecule has 1 aliphatic rings. The van der Waals surface area contributed by atoms with Crippen LogP contribution in [0.15, 0.2) is 5.16 Å². The second-order valence-electron chi connectivity index (χ2n) is 4.55. The van der Waals surface area contributed by atoms with Crippen LogP contribution >= 0.6 is 0 Å². The number of aryl methyl sites for hydroxylation is 2. The lowest BCUT2D eigenvalue weighted by atomic mass is 10.3. The third kappa shape index (κ3) is 2.85. The molecule has 7 heteroatoms. The van der Waals surface area contributed by atoms with Gasteiger partial charge in [-0.05, 0) is 26.7 Å². The lowest BCUT2D eigenvalue weighted by molar-refractivity contribution is 0.317. The number of aromatic nitrogens is 3. The molecule has 7 nitrogen and oxygen atoms in total. The molecule has 0 atom stereocenters. The molecule has 1 saturated carbocycles. The van der Waals surface area contributed by atoms with E-state index in [9.17, 15) is 0 Å². The van der Waals surface area contributed by atoms with Gasteiger partial charge in [-0.2, -0.15) is 5.10 Å². The van der Waals surface area contributed by atoms with Gasteiger partial charge in [0, 0.05) is 19.0 Å². The Hall–Kier alpha value is -1.92. The van der Waals surface area contributed by atoms with Crippen LogP contribution in [0.4, 0.5) is 5.95 Å². The van der Waals surface area contributed by atoms with E-state index in [4.69, 9.17) is 10.9 Å². The Labute approximate surface area is 106 Å². The highest BCUT2D eigenvalue weighted by Gasteiger charge is 2.31. The summed E-state index contributed by atoms with van der Waals surface area (Å²) >= 11 is 0. The predicted octanol–water partition coefficient (Wildman–Crippen LogP) is 0.594. The molecule has 1 aliphatic carbocycles. The van der Waals surface area contributed by atoms with Crippen LogP contribution < -0.4 is 10.6 Å². The molecule has 18 heavy (non-hydrogen) atoms. The summed E-state index contributed by atoms with van der Waals surface area (Å²) in [6, 6.07) is 0.459. The van der Waals surface area contributed by atoms with Gasteiger partial charge in [0.05, 0.1) is 11.4 Å². The Balaban J connectivity index is 2.11. The Morgan fingerprint density at radius 3 is 2.67 bits per heavy atom. The zero-order chi connectivity index (χ0) is 13.1. The average Bonchev–Trinajstić information content (AvgIpc) is 3.18. The van der Waals surface area contributed by atoms with Gasteiger partial charge in [-0.25, -0.2) is 4.98 Å². The summed E-state index contributed by atoms with van der Waals surface area (Å²) in [7, 11) is 0.